The summed E-state index contributed by atoms with van der Waals surface area (Å²) in [5.41, 5.74) is -2.29. The van der Waals surface area contributed by atoms with Crippen molar-refractivity contribution < 1.29 is 24.7 Å². The van der Waals surface area contributed by atoms with Crippen molar-refractivity contribution in [2.24, 2.45) is 0 Å². The van der Waals surface area contributed by atoms with E-state index >= 15 is 0 Å². The summed E-state index contributed by atoms with van der Waals surface area (Å²) < 4.78 is 0. The highest BCUT2D eigenvalue weighted by molar-refractivity contribution is 6.22. The number of aliphatic hydroxyl groups excluding tert-OH is 1. The molecule has 108 valence electrons. The van der Waals surface area contributed by atoms with E-state index < -0.39 is 44.7 Å². The van der Waals surface area contributed by atoms with Gasteiger partial charge in [-0.05, 0) is 12.1 Å². The van der Waals surface area contributed by atoms with Gasteiger partial charge in [0.15, 0.2) is 5.03 Å². The van der Waals surface area contributed by atoms with E-state index in [1.54, 1.807) is 0 Å². The lowest BCUT2D eigenvalue weighted by atomic mass is 9.99. The second kappa shape index (κ2) is 4.76. The van der Waals surface area contributed by atoms with Gasteiger partial charge in [0, 0.05) is 5.01 Å². The van der Waals surface area contributed by atoms with E-state index in [0.717, 1.165) is 18.2 Å². The van der Waals surface area contributed by atoms with Gasteiger partial charge in [0.2, 0.25) is 0 Å². The largest absolute Gasteiger partial charge is 0.384 e. The van der Waals surface area contributed by atoms with Gasteiger partial charge in [0.1, 0.15) is 11.7 Å². The van der Waals surface area contributed by atoms with Crippen LogP contribution < -0.4 is 0 Å². The Morgan fingerprint density at radius 2 is 1.86 bits per heavy atom. The molecule has 1 aromatic rings. The Morgan fingerprint density at radius 3 is 2.33 bits per heavy atom. The van der Waals surface area contributed by atoms with Gasteiger partial charge in [0.05, 0.1) is 16.1 Å². The number of imide groups is 1. The van der Waals surface area contributed by atoms with Crippen molar-refractivity contribution in [3.8, 4) is 0 Å². The fourth-order valence-corrected chi connectivity index (χ4v) is 2.02. The van der Waals surface area contributed by atoms with E-state index in [2.05, 4.69) is 6.58 Å². The van der Waals surface area contributed by atoms with Gasteiger partial charge in [-0.15, -0.1) is 6.58 Å². The number of nitro benzene ring substituents is 1. The number of hydrogen-bond acceptors (Lipinski definition) is 7. The molecule has 2 rings (SSSR count). The van der Waals surface area contributed by atoms with Crippen LogP contribution in [0.15, 0.2) is 24.8 Å². The number of carbonyl (C=O) groups excluding carboxylic acids is 2. The Bertz CT molecular complexity index is 712. The minimum Gasteiger partial charge on any atom is -0.384 e. The highest BCUT2D eigenvalue weighted by Crippen LogP contribution is 2.36. The number of benzene rings is 1. The first-order valence-corrected chi connectivity index (χ1v) is 5.46. The molecule has 1 N–H and O–H groups in total. The van der Waals surface area contributed by atoms with E-state index in [1.165, 1.54) is 0 Å². The summed E-state index contributed by atoms with van der Waals surface area (Å²) in [6.45, 7) is 3.27. The number of hydrazine groups is 1. The fraction of sp³-hybridized carbons (Fsp3) is 0.0909. The zero-order valence-electron chi connectivity index (χ0n) is 10.3. The van der Waals surface area contributed by atoms with Crippen molar-refractivity contribution in [1.29, 1.82) is 0 Å². The Kier molecular flexibility index (Phi) is 3.23. The summed E-state index contributed by atoms with van der Waals surface area (Å²) in [5, 5.41) is 29.9. The van der Waals surface area contributed by atoms with Crippen LogP contribution in [-0.2, 0) is 0 Å². The summed E-state index contributed by atoms with van der Waals surface area (Å²) in [5.74, 6) is -2.67. The molecule has 1 heterocycles. The van der Waals surface area contributed by atoms with Gasteiger partial charge in [0.25, 0.3) is 5.69 Å². The first-order chi connectivity index (χ1) is 9.81. The topological polar surface area (TPSA) is 144 Å². The molecule has 10 heteroatoms. The van der Waals surface area contributed by atoms with Crippen LogP contribution in [0.25, 0.3) is 0 Å². The van der Waals surface area contributed by atoms with Crippen LogP contribution in [0.1, 0.15) is 32.4 Å². The number of rotatable bonds is 4. The summed E-state index contributed by atoms with van der Waals surface area (Å²) in [6.07, 6.45) is -0.468. The Balaban J connectivity index is 2.78. The molecular formula is C11H7N3O7. The standard InChI is InChI=1S/C11H7N3O7/c1-2-7(15)5-3-4-6-8(9(5)13(18)19)11(17)12(10(6)16)14(20)21/h2-4,7,15H,1H2. The maximum Gasteiger partial charge on any atom is 0.331 e. The molecule has 1 aliphatic heterocycles. The lowest BCUT2D eigenvalue weighted by Crippen LogP contribution is -2.35. The average molecular weight is 293 g/mol. The molecule has 0 saturated carbocycles. The van der Waals surface area contributed by atoms with Crippen LogP contribution in [0, 0.1) is 20.2 Å². The second-order valence-electron chi connectivity index (χ2n) is 4.02. The molecule has 1 aromatic carbocycles. The molecule has 0 aromatic heterocycles. The summed E-state index contributed by atoms with van der Waals surface area (Å²) in [4.78, 5) is 44.5. The first-order valence-electron chi connectivity index (χ1n) is 5.46. The van der Waals surface area contributed by atoms with Crippen LogP contribution in [0.5, 0.6) is 0 Å². The number of hydrogen-bond donors (Lipinski definition) is 1. The van der Waals surface area contributed by atoms with Gasteiger partial charge in [-0.2, -0.15) is 0 Å². The summed E-state index contributed by atoms with van der Waals surface area (Å²) >= 11 is 0. The monoisotopic (exact) mass is 293 g/mol. The minimum absolute atomic E-state index is 0.278. The highest BCUT2D eigenvalue weighted by atomic mass is 16.7. The number of fused-ring (bicyclic) bond motifs is 1. The van der Waals surface area contributed by atoms with E-state index in [1.807, 2.05) is 0 Å². The Labute approximate surface area is 116 Å². The lowest BCUT2D eigenvalue weighted by Gasteiger charge is -2.08. The number of amides is 2. The molecule has 1 aliphatic rings. The van der Waals surface area contributed by atoms with E-state index in [4.69, 9.17) is 0 Å². The van der Waals surface area contributed by atoms with Gasteiger partial charge in [-0.3, -0.25) is 19.7 Å². The third-order valence-electron chi connectivity index (χ3n) is 2.93. The van der Waals surface area contributed by atoms with E-state index in [0.29, 0.717) is 0 Å². The highest BCUT2D eigenvalue weighted by Gasteiger charge is 2.49. The van der Waals surface area contributed by atoms with Crippen molar-refractivity contribution >= 4 is 17.5 Å². The lowest BCUT2D eigenvalue weighted by molar-refractivity contribution is -0.609. The van der Waals surface area contributed by atoms with Crippen LogP contribution in [-0.4, -0.2) is 31.9 Å². The fourth-order valence-electron chi connectivity index (χ4n) is 2.02. The van der Waals surface area contributed by atoms with Crippen molar-refractivity contribution in [2.45, 2.75) is 6.10 Å². The molecule has 0 bridgehead atoms. The molecule has 0 fully saturated rings. The molecule has 0 radical (unpaired) electrons. The third kappa shape index (κ3) is 1.94. The number of aliphatic hydroxyl groups is 1. The SMILES string of the molecule is C=CC(O)c1ccc2c(c1[N+](=O)[O-])C(=O)N([N+](=O)[O-])C2=O. The van der Waals surface area contributed by atoms with Crippen molar-refractivity contribution in [3.63, 3.8) is 0 Å². The van der Waals surface area contributed by atoms with Gasteiger partial charge >= 0.3 is 11.8 Å². The molecule has 21 heavy (non-hydrogen) atoms. The van der Waals surface area contributed by atoms with Gasteiger partial charge < -0.3 is 5.11 Å². The summed E-state index contributed by atoms with van der Waals surface area (Å²) in [7, 11) is 0. The van der Waals surface area contributed by atoms with Gasteiger partial charge in [-0.1, -0.05) is 6.08 Å². The Morgan fingerprint density at radius 1 is 1.24 bits per heavy atom. The smallest absolute Gasteiger partial charge is 0.331 e. The van der Waals surface area contributed by atoms with Gasteiger partial charge in [-0.25, -0.2) is 10.1 Å². The maximum absolute atomic E-state index is 11.9. The first kappa shape index (κ1) is 14.3. The number of carbonyl (C=O) groups is 2. The molecule has 0 spiro atoms. The van der Waals surface area contributed by atoms with E-state index in [9.17, 15) is 34.9 Å². The van der Waals surface area contributed by atoms with Crippen molar-refractivity contribution in [1.82, 2.24) is 5.01 Å². The molecule has 10 nitrogen and oxygen atoms in total. The molecule has 0 aliphatic carbocycles. The average Bonchev–Trinajstić information content (AvgIpc) is 2.68. The zero-order valence-corrected chi connectivity index (χ0v) is 10.3. The summed E-state index contributed by atoms with van der Waals surface area (Å²) in [6, 6.07) is 2.08. The second-order valence-corrected chi connectivity index (χ2v) is 4.02. The predicted molar refractivity (Wildman–Crippen MR) is 65.7 cm³/mol. The third-order valence-corrected chi connectivity index (χ3v) is 2.93. The maximum atomic E-state index is 11.9. The number of nitrogens with zero attached hydrogens (tertiary/aromatic N) is 3. The molecular weight excluding hydrogens is 286 g/mol. The molecule has 2 amide bonds. The van der Waals surface area contributed by atoms with Crippen LogP contribution >= 0.6 is 0 Å². The van der Waals surface area contributed by atoms with Crippen LogP contribution in [0.3, 0.4) is 0 Å². The quantitative estimate of drug-likeness (QED) is 0.370. The molecule has 0 saturated heterocycles. The number of nitro groups is 2. The Hall–Kier alpha value is -3.14. The van der Waals surface area contributed by atoms with E-state index in [-0.39, 0.29) is 10.6 Å². The van der Waals surface area contributed by atoms with Crippen molar-refractivity contribution in [2.75, 3.05) is 0 Å². The zero-order chi connectivity index (χ0) is 15.9. The molecule has 1 unspecified atom stereocenters. The minimum atomic E-state index is -1.46. The van der Waals surface area contributed by atoms with Crippen LogP contribution in [0.4, 0.5) is 5.69 Å². The van der Waals surface area contributed by atoms with Crippen molar-refractivity contribution in [3.05, 3.63) is 61.7 Å². The normalized spacial score (nSPS) is 14.8. The predicted octanol–water partition coefficient (Wildman–Crippen LogP) is 0.602. The van der Waals surface area contributed by atoms with Crippen LogP contribution in [0.2, 0.25) is 0 Å². The molecule has 1 atom stereocenters.